The second kappa shape index (κ2) is 15.6. The standard InChI is InChI=1S/C58H41N3/c1-4-16-42(17-5-1)43-30-32-44(33-31-43)46-20-14-25-51(40-46)61-57-28-13-12-27-54(57)55-41-52(38-39-58(55)61)60(56-29-15-19-45-18-10-11-26-53(45)56)50-36-34-49(35-37-50)59(47-21-6-2-7-22-47)48-23-8-3-9-24-48/h1-41H. The molecule has 0 aliphatic heterocycles. The van der Waals surface area contributed by atoms with Crippen LogP contribution in [0.25, 0.3) is 60.5 Å². The molecule has 0 aliphatic rings. The van der Waals surface area contributed by atoms with Gasteiger partial charge in [0.05, 0.1) is 16.7 Å². The highest BCUT2D eigenvalue weighted by atomic mass is 15.2. The minimum atomic E-state index is 1.08. The van der Waals surface area contributed by atoms with Gasteiger partial charge >= 0.3 is 0 Å². The van der Waals surface area contributed by atoms with E-state index in [1.165, 1.54) is 49.3 Å². The third kappa shape index (κ3) is 6.69. The molecule has 0 amide bonds. The summed E-state index contributed by atoms with van der Waals surface area (Å²) in [5.41, 5.74) is 14.9. The number of para-hydroxylation sites is 3. The van der Waals surface area contributed by atoms with E-state index in [-0.39, 0.29) is 0 Å². The molecular weight excluding hydrogens is 739 g/mol. The molecule has 1 aromatic heterocycles. The Bertz CT molecular complexity index is 3240. The van der Waals surface area contributed by atoms with Crippen molar-refractivity contribution in [3.63, 3.8) is 0 Å². The molecule has 0 atom stereocenters. The lowest BCUT2D eigenvalue weighted by atomic mass is 10.00. The van der Waals surface area contributed by atoms with Crippen LogP contribution in [0, 0.1) is 0 Å². The summed E-state index contributed by atoms with van der Waals surface area (Å²) in [4.78, 5) is 4.72. The van der Waals surface area contributed by atoms with Gasteiger partial charge in [-0.3, -0.25) is 0 Å². The Balaban J connectivity index is 1.03. The Hall–Kier alpha value is -8.14. The molecule has 1 heterocycles. The Labute approximate surface area is 356 Å². The van der Waals surface area contributed by atoms with Crippen LogP contribution in [-0.2, 0) is 0 Å². The third-order valence-corrected chi connectivity index (χ3v) is 11.7. The quantitative estimate of drug-likeness (QED) is 0.145. The first-order chi connectivity index (χ1) is 30.3. The van der Waals surface area contributed by atoms with Gasteiger partial charge in [0.25, 0.3) is 0 Å². The first-order valence-corrected chi connectivity index (χ1v) is 20.8. The average molecular weight is 780 g/mol. The smallest absolute Gasteiger partial charge is 0.0542 e. The number of hydrogen-bond acceptors (Lipinski definition) is 2. The molecule has 3 nitrogen and oxygen atoms in total. The van der Waals surface area contributed by atoms with Crippen LogP contribution in [0.2, 0.25) is 0 Å². The van der Waals surface area contributed by atoms with Gasteiger partial charge in [0.15, 0.2) is 0 Å². The fourth-order valence-corrected chi connectivity index (χ4v) is 8.87. The van der Waals surface area contributed by atoms with Crippen molar-refractivity contribution in [2.75, 3.05) is 9.80 Å². The zero-order valence-corrected chi connectivity index (χ0v) is 33.5. The summed E-state index contributed by atoms with van der Waals surface area (Å²) in [7, 11) is 0. The number of benzene rings is 10. The lowest BCUT2D eigenvalue weighted by molar-refractivity contribution is 1.18. The summed E-state index contributed by atoms with van der Waals surface area (Å²) in [6.07, 6.45) is 0. The maximum atomic E-state index is 2.41. The first kappa shape index (κ1) is 36.0. The largest absolute Gasteiger partial charge is 0.311 e. The van der Waals surface area contributed by atoms with E-state index in [2.05, 4.69) is 263 Å². The van der Waals surface area contributed by atoms with Crippen LogP contribution in [0.4, 0.5) is 34.1 Å². The van der Waals surface area contributed by atoms with Crippen LogP contribution in [0.5, 0.6) is 0 Å². The van der Waals surface area contributed by atoms with Crippen LogP contribution < -0.4 is 9.80 Å². The fourth-order valence-electron chi connectivity index (χ4n) is 8.87. The molecule has 0 aliphatic carbocycles. The first-order valence-electron chi connectivity index (χ1n) is 20.8. The molecule has 11 rings (SSSR count). The zero-order chi connectivity index (χ0) is 40.5. The fraction of sp³-hybridized carbons (Fsp3) is 0. The number of hydrogen-bond donors (Lipinski definition) is 0. The molecule has 0 saturated heterocycles. The van der Waals surface area contributed by atoms with Crippen LogP contribution >= 0.6 is 0 Å². The Morgan fingerprint density at radius 2 is 0.738 bits per heavy atom. The van der Waals surface area contributed by atoms with E-state index in [1.807, 2.05) is 0 Å². The van der Waals surface area contributed by atoms with E-state index in [1.54, 1.807) is 0 Å². The number of aromatic nitrogens is 1. The molecule has 0 N–H and O–H groups in total. The minimum absolute atomic E-state index is 1.08. The summed E-state index contributed by atoms with van der Waals surface area (Å²) in [5.74, 6) is 0. The molecule has 61 heavy (non-hydrogen) atoms. The topological polar surface area (TPSA) is 11.4 Å². The maximum Gasteiger partial charge on any atom is 0.0542 e. The minimum Gasteiger partial charge on any atom is -0.311 e. The van der Waals surface area contributed by atoms with Gasteiger partial charge in [0, 0.05) is 50.3 Å². The van der Waals surface area contributed by atoms with Crippen molar-refractivity contribution >= 4 is 66.7 Å². The number of anilines is 6. The highest BCUT2D eigenvalue weighted by Crippen LogP contribution is 2.44. The van der Waals surface area contributed by atoms with E-state index < -0.39 is 0 Å². The van der Waals surface area contributed by atoms with Crippen molar-refractivity contribution in [3.8, 4) is 27.9 Å². The molecule has 0 saturated carbocycles. The van der Waals surface area contributed by atoms with Gasteiger partial charge in [-0.1, -0.05) is 158 Å². The van der Waals surface area contributed by atoms with Crippen molar-refractivity contribution in [1.82, 2.24) is 4.57 Å². The van der Waals surface area contributed by atoms with Gasteiger partial charge < -0.3 is 14.4 Å². The van der Waals surface area contributed by atoms with Crippen molar-refractivity contribution in [2.24, 2.45) is 0 Å². The zero-order valence-electron chi connectivity index (χ0n) is 33.5. The Morgan fingerprint density at radius 3 is 1.44 bits per heavy atom. The van der Waals surface area contributed by atoms with Gasteiger partial charge in [-0.05, 0) is 119 Å². The second-order valence-electron chi connectivity index (χ2n) is 15.4. The van der Waals surface area contributed by atoms with Crippen molar-refractivity contribution in [3.05, 3.63) is 249 Å². The predicted molar refractivity (Wildman–Crippen MR) is 259 cm³/mol. The normalized spacial score (nSPS) is 11.3. The third-order valence-electron chi connectivity index (χ3n) is 11.7. The highest BCUT2D eigenvalue weighted by Gasteiger charge is 2.20. The summed E-state index contributed by atoms with van der Waals surface area (Å²) in [5, 5.41) is 4.81. The second-order valence-corrected chi connectivity index (χ2v) is 15.4. The molecule has 11 aromatic rings. The summed E-state index contributed by atoms with van der Waals surface area (Å²) < 4.78 is 2.41. The van der Waals surface area contributed by atoms with Crippen LogP contribution in [0.3, 0.4) is 0 Å². The summed E-state index contributed by atoms with van der Waals surface area (Å²) >= 11 is 0. The molecule has 3 heteroatoms. The van der Waals surface area contributed by atoms with Gasteiger partial charge in [-0.15, -0.1) is 0 Å². The monoisotopic (exact) mass is 779 g/mol. The molecule has 0 spiro atoms. The highest BCUT2D eigenvalue weighted by molar-refractivity contribution is 6.11. The molecule has 0 radical (unpaired) electrons. The van der Waals surface area contributed by atoms with Gasteiger partial charge in [-0.25, -0.2) is 0 Å². The van der Waals surface area contributed by atoms with Crippen molar-refractivity contribution in [2.45, 2.75) is 0 Å². The van der Waals surface area contributed by atoms with E-state index in [9.17, 15) is 0 Å². The molecular formula is C58H41N3. The lowest BCUT2D eigenvalue weighted by Gasteiger charge is -2.29. The van der Waals surface area contributed by atoms with E-state index in [0.717, 1.165) is 45.3 Å². The molecule has 0 bridgehead atoms. The van der Waals surface area contributed by atoms with Crippen LogP contribution in [-0.4, -0.2) is 4.57 Å². The number of rotatable bonds is 9. The SMILES string of the molecule is c1ccc(-c2ccc(-c3cccc(-n4c5ccccc5c5cc(N(c6ccc(N(c7ccccc7)c7ccccc7)cc6)c6cccc7ccccc67)ccc54)c3)cc2)cc1. The maximum absolute atomic E-state index is 2.41. The summed E-state index contributed by atoms with van der Waals surface area (Å²) in [6, 6.07) is 89.5. The molecule has 0 fully saturated rings. The van der Waals surface area contributed by atoms with Crippen LogP contribution in [0.15, 0.2) is 249 Å². The van der Waals surface area contributed by atoms with Gasteiger partial charge in [-0.2, -0.15) is 0 Å². The Morgan fingerprint density at radius 1 is 0.262 bits per heavy atom. The van der Waals surface area contributed by atoms with Crippen LogP contribution in [0.1, 0.15) is 0 Å². The van der Waals surface area contributed by atoms with Crippen molar-refractivity contribution < 1.29 is 0 Å². The average Bonchev–Trinajstić information content (AvgIpc) is 3.67. The van der Waals surface area contributed by atoms with E-state index in [4.69, 9.17) is 0 Å². The van der Waals surface area contributed by atoms with Gasteiger partial charge in [0.2, 0.25) is 0 Å². The molecule has 10 aromatic carbocycles. The lowest BCUT2D eigenvalue weighted by Crippen LogP contribution is -2.12. The number of fused-ring (bicyclic) bond motifs is 4. The molecule has 0 unspecified atom stereocenters. The Kier molecular flexibility index (Phi) is 9.18. The van der Waals surface area contributed by atoms with E-state index >= 15 is 0 Å². The van der Waals surface area contributed by atoms with E-state index in [0.29, 0.717) is 0 Å². The molecule has 288 valence electrons. The number of nitrogens with zero attached hydrogens (tertiary/aromatic N) is 3. The summed E-state index contributed by atoms with van der Waals surface area (Å²) in [6.45, 7) is 0. The predicted octanol–water partition coefficient (Wildman–Crippen LogP) is 16.2. The van der Waals surface area contributed by atoms with Crippen molar-refractivity contribution in [1.29, 1.82) is 0 Å². The van der Waals surface area contributed by atoms with Gasteiger partial charge in [0.1, 0.15) is 0 Å².